The fourth-order valence-electron chi connectivity index (χ4n) is 2.67. The second kappa shape index (κ2) is 6.66. The fraction of sp³-hybridized carbons (Fsp3) is 0.294. The minimum absolute atomic E-state index is 0.159. The molecule has 2 aromatic rings. The van der Waals surface area contributed by atoms with Crippen molar-refractivity contribution in [3.8, 4) is 0 Å². The molecule has 120 valence electrons. The molecule has 0 atom stereocenters. The third kappa shape index (κ3) is 3.60. The second-order valence-corrected chi connectivity index (χ2v) is 5.76. The predicted molar refractivity (Wildman–Crippen MR) is 92.8 cm³/mol. The first-order chi connectivity index (χ1) is 11.1. The number of pyridine rings is 1. The summed E-state index contributed by atoms with van der Waals surface area (Å²) in [5.41, 5.74) is 8.87. The molecule has 0 radical (unpaired) electrons. The monoisotopic (exact) mass is 311 g/mol. The normalized spacial score (nSPS) is 15.4. The van der Waals surface area contributed by atoms with Crippen LogP contribution in [0.1, 0.15) is 10.4 Å². The van der Waals surface area contributed by atoms with E-state index in [0.717, 1.165) is 37.6 Å². The van der Waals surface area contributed by atoms with Gasteiger partial charge in [0, 0.05) is 49.8 Å². The molecule has 6 nitrogen and oxygen atoms in total. The maximum absolute atomic E-state index is 12.4. The van der Waals surface area contributed by atoms with E-state index in [0.29, 0.717) is 11.3 Å². The second-order valence-electron chi connectivity index (χ2n) is 5.76. The molecule has 0 spiro atoms. The molecule has 1 aliphatic heterocycles. The Labute approximate surface area is 135 Å². The summed E-state index contributed by atoms with van der Waals surface area (Å²) in [6.07, 6.45) is 3.21. The number of aromatic nitrogens is 1. The lowest BCUT2D eigenvalue weighted by atomic mass is 10.1. The number of nitrogens with one attached hydrogen (secondary N) is 1. The summed E-state index contributed by atoms with van der Waals surface area (Å²) >= 11 is 0. The van der Waals surface area contributed by atoms with Crippen LogP contribution in [0, 0.1) is 0 Å². The van der Waals surface area contributed by atoms with Gasteiger partial charge in [-0.3, -0.25) is 9.78 Å². The van der Waals surface area contributed by atoms with Gasteiger partial charge < -0.3 is 20.9 Å². The van der Waals surface area contributed by atoms with Gasteiger partial charge in [-0.15, -0.1) is 0 Å². The number of nitrogen functional groups attached to an aromatic ring is 1. The van der Waals surface area contributed by atoms with Crippen molar-refractivity contribution >= 4 is 23.0 Å². The van der Waals surface area contributed by atoms with Crippen molar-refractivity contribution in [2.45, 2.75) is 0 Å². The van der Waals surface area contributed by atoms with E-state index in [1.54, 1.807) is 24.5 Å². The fourth-order valence-corrected chi connectivity index (χ4v) is 2.67. The maximum Gasteiger partial charge on any atom is 0.255 e. The summed E-state index contributed by atoms with van der Waals surface area (Å²) in [6, 6.07) is 9.04. The number of hydrogen-bond acceptors (Lipinski definition) is 5. The Bertz CT molecular complexity index is 681. The molecule has 1 aliphatic rings. The number of anilines is 3. The van der Waals surface area contributed by atoms with E-state index in [1.165, 1.54) is 0 Å². The highest BCUT2D eigenvalue weighted by atomic mass is 16.1. The van der Waals surface area contributed by atoms with Crippen LogP contribution in [0.2, 0.25) is 0 Å². The van der Waals surface area contributed by atoms with Gasteiger partial charge in [0.1, 0.15) is 0 Å². The first kappa shape index (κ1) is 15.3. The summed E-state index contributed by atoms with van der Waals surface area (Å²) in [7, 11) is 2.12. The average Bonchev–Trinajstić information content (AvgIpc) is 2.57. The Balaban J connectivity index is 1.83. The number of hydrogen-bond donors (Lipinski definition) is 2. The molecule has 0 unspecified atom stereocenters. The molecule has 1 aromatic carbocycles. The molecular weight excluding hydrogens is 290 g/mol. The zero-order chi connectivity index (χ0) is 16.2. The van der Waals surface area contributed by atoms with Gasteiger partial charge in [0.2, 0.25) is 0 Å². The molecule has 0 saturated carbocycles. The largest absolute Gasteiger partial charge is 0.399 e. The lowest BCUT2D eigenvalue weighted by Crippen LogP contribution is -2.44. The first-order valence-electron chi connectivity index (χ1n) is 7.68. The van der Waals surface area contributed by atoms with Gasteiger partial charge in [-0.2, -0.15) is 0 Å². The van der Waals surface area contributed by atoms with E-state index in [2.05, 4.69) is 27.1 Å². The Morgan fingerprint density at radius 1 is 1.13 bits per heavy atom. The molecule has 1 saturated heterocycles. The zero-order valence-electron chi connectivity index (χ0n) is 13.2. The van der Waals surface area contributed by atoms with Crippen molar-refractivity contribution < 1.29 is 4.79 Å². The van der Waals surface area contributed by atoms with Crippen LogP contribution < -0.4 is 16.0 Å². The van der Waals surface area contributed by atoms with Gasteiger partial charge >= 0.3 is 0 Å². The minimum Gasteiger partial charge on any atom is -0.399 e. The summed E-state index contributed by atoms with van der Waals surface area (Å²) < 4.78 is 0. The molecule has 1 fully saturated rings. The Hall–Kier alpha value is -2.60. The number of likely N-dealkylation sites (N-methyl/N-ethyl adjacent to an activating group) is 1. The number of rotatable bonds is 3. The minimum atomic E-state index is -0.159. The molecule has 0 aliphatic carbocycles. The van der Waals surface area contributed by atoms with Crippen molar-refractivity contribution in [2.75, 3.05) is 49.2 Å². The number of carbonyl (C=O) groups is 1. The SMILES string of the molecule is CN1CCN(c2ccc(N)cc2NC(=O)c2ccncc2)CC1. The topological polar surface area (TPSA) is 74.5 Å². The van der Waals surface area contributed by atoms with Crippen LogP contribution in [0.15, 0.2) is 42.7 Å². The summed E-state index contributed by atoms with van der Waals surface area (Å²) in [5, 5.41) is 2.97. The maximum atomic E-state index is 12.4. The Morgan fingerprint density at radius 3 is 2.52 bits per heavy atom. The van der Waals surface area contributed by atoms with Gasteiger partial charge in [0.05, 0.1) is 11.4 Å². The average molecular weight is 311 g/mol. The smallest absolute Gasteiger partial charge is 0.255 e. The summed E-state index contributed by atoms with van der Waals surface area (Å²) in [4.78, 5) is 20.9. The van der Waals surface area contributed by atoms with Crippen LogP contribution >= 0.6 is 0 Å². The van der Waals surface area contributed by atoms with E-state index < -0.39 is 0 Å². The van der Waals surface area contributed by atoms with Crippen LogP contribution in [0.4, 0.5) is 17.1 Å². The van der Waals surface area contributed by atoms with Gasteiger partial charge in [0.25, 0.3) is 5.91 Å². The van der Waals surface area contributed by atoms with Crippen LogP contribution in [-0.4, -0.2) is 49.0 Å². The highest BCUT2D eigenvalue weighted by Crippen LogP contribution is 2.29. The van der Waals surface area contributed by atoms with Crippen LogP contribution in [-0.2, 0) is 0 Å². The van der Waals surface area contributed by atoms with Crippen LogP contribution in [0.25, 0.3) is 0 Å². The molecule has 1 amide bonds. The van der Waals surface area contributed by atoms with Crippen molar-refractivity contribution in [2.24, 2.45) is 0 Å². The van der Waals surface area contributed by atoms with Gasteiger partial charge in [-0.1, -0.05) is 0 Å². The van der Waals surface area contributed by atoms with E-state index in [9.17, 15) is 4.79 Å². The number of amides is 1. The van der Waals surface area contributed by atoms with Gasteiger partial charge in [-0.05, 0) is 37.4 Å². The number of benzene rings is 1. The quantitative estimate of drug-likeness (QED) is 0.844. The van der Waals surface area contributed by atoms with Crippen molar-refractivity contribution in [1.29, 1.82) is 0 Å². The van der Waals surface area contributed by atoms with Gasteiger partial charge in [0.15, 0.2) is 0 Å². The van der Waals surface area contributed by atoms with E-state index in [4.69, 9.17) is 5.73 Å². The molecule has 1 aromatic heterocycles. The molecule has 3 N–H and O–H groups in total. The third-order valence-corrected chi connectivity index (χ3v) is 4.06. The first-order valence-corrected chi connectivity index (χ1v) is 7.68. The Morgan fingerprint density at radius 2 is 1.83 bits per heavy atom. The Kier molecular flexibility index (Phi) is 4.43. The summed E-state index contributed by atoms with van der Waals surface area (Å²) in [5.74, 6) is -0.159. The zero-order valence-corrected chi connectivity index (χ0v) is 13.2. The van der Waals surface area contributed by atoms with E-state index >= 15 is 0 Å². The lowest BCUT2D eigenvalue weighted by Gasteiger charge is -2.35. The molecule has 6 heteroatoms. The number of nitrogens with two attached hydrogens (primary N) is 1. The van der Waals surface area contributed by atoms with E-state index in [-0.39, 0.29) is 5.91 Å². The molecular formula is C17H21N5O. The molecule has 3 rings (SSSR count). The number of piperazine rings is 1. The number of carbonyl (C=O) groups excluding carboxylic acids is 1. The highest BCUT2D eigenvalue weighted by Gasteiger charge is 2.18. The standard InChI is InChI=1S/C17H21N5O/c1-21-8-10-22(11-9-21)16-3-2-14(18)12-15(16)20-17(23)13-4-6-19-7-5-13/h2-7,12H,8-11,18H2,1H3,(H,20,23). The predicted octanol–water partition coefficient (Wildman–Crippen LogP) is 1.67. The summed E-state index contributed by atoms with van der Waals surface area (Å²) in [6.45, 7) is 3.86. The highest BCUT2D eigenvalue weighted by molar-refractivity contribution is 6.06. The molecule has 23 heavy (non-hydrogen) atoms. The van der Waals surface area contributed by atoms with Crippen LogP contribution in [0.3, 0.4) is 0 Å². The van der Waals surface area contributed by atoms with E-state index in [1.807, 2.05) is 18.2 Å². The number of nitrogens with zero attached hydrogens (tertiary/aromatic N) is 3. The third-order valence-electron chi connectivity index (χ3n) is 4.06. The van der Waals surface area contributed by atoms with Crippen molar-refractivity contribution in [3.05, 3.63) is 48.3 Å². The lowest BCUT2D eigenvalue weighted by molar-refractivity contribution is 0.102. The van der Waals surface area contributed by atoms with Crippen LogP contribution in [0.5, 0.6) is 0 Å². The van der Waals surface area contributed by atoms with Crippen molar-refractivity contribution in [3.63, 3.8) is 0 Å². The molecule has 0 bridgehead atoms. The van der Waals surface area contributed by atoms with Gasteiger partial charge in [-0.25, -0.2) is 0 Å². The van der Waals surface area contributed by atoms with Crippen molar-refractivity contribution in [1.82, 2.24) is 9.88 Å². The molecule has 2 heterocycles.